The molecule has 0 aromatic heterocycles. The van der Waals surface area contributed by atoms with Crippen LogP contribution in [0.4, 0.5) is 13.2 Å². The summed E-state index contributed by atoms with van der Waals surface area (Å²) in [6.45, 7) is -0.176. The first-order valence-electron chi connectivity index (χ1n) is 11.7. The number of carbonyl (C=O) groups excluding carboxylic acids is 3. The lowest BCUT2D eigenvalue weighted by molar-refractivity contribution is -0.153. The molecule has 0 aliphatic heterocycles. The molecule has 6 N–H and O–H groups in total. The van der Waals surface area contributed by atoms with Crippen molar-refractivity contribution in [1.29, 1.82) is 0 Å². The van der Waals surface area contributed by atoms with Crippen LogP contribution in [0, 0.1) is 11.8 Å². The van der Waals surface area contributed by atoms with Gasteiger partial charge in [0.15, 0.2) is 11.4 Å². The molecule has 4 rings (SSSR count). The van der Waals surface area contributed by atoms with Crippen LogP contribution in [-0.2, 0) is 33.5 Å². The number of phenols is 1. The molecule has 1 amide bonds. The van der Waals surface area contributed by atoms with Gasteiger partial charge in [-0.05, 0) is 64.1 Å². The zero-order valence-corrected chi connectivity index (χ0v) is 23.5. The number of likely N-dealkylation sites (N-methyl/N-ethyl adjacent to an activating group) is 1. The SMILES string of the molecule is CN(C)Cc1cc(O)c2c(c1C(F)(F)F)C[C@H]1C[C@H]3[C@H](N(C)C)C(=O)C(C(N)=O)=C(O)[C@@]3(O)C(=O)C1=C2O.Cl.Cl. The molecule has 1 aromatic carbocycles. The van der Waals surface area contributed by atoms with E-state index < -0.39 is 98.7 Å². The minimum atomic E-state index is -4.87. The minimum Gasteiger partial charge on any atom is -0.508 e. The number of amides is 1. The van der Waals surface area contributed by atoms with Gasteiger partial charge in [0.2, 0.25) is 5.78 Å². The second-order valence-corrected chi connectivity index (χ2v) is 10.5. The second kappa shape index (κ2) is 10.9. The van der Waals surface area contributed by atoms with Crippen LogP contribution in [0.5, 0.6) is 5.75 Å². The Balaban J connectivity index is 0.00000280. The number of alkyl halides is 3. The van der Waals surface area contributed by atoms with E-state index in [4.69, 9.17) is 5.73 Å². The van der Waals surface area contributed by atoms with Crippen LogP contribution in [0.15, 0.2) is 23.0 Å². The molecular formula is C25H30Cl2F3N3O7. The van der Waals surface area contributed by atoms with E-state index in [1.165, 1.54) is 23.9 Å². The third kappa shape index (κ3) is 4.73. The van der Waals surface area contributed by atoms with Gasteiger partial charge in [0, 0.05) is 18.0 Å². The van der Waals surface area contributed by atoms with Crippen LogP contribution in [0.3, 0.4) is 0 Å². The predicted molar refractivity (Wildman–Crippen MR) is 141 cm³/mol. The first-order valence-corrected chi connectivity index (χ1v) is 11.7. The number of phenolic OH excluding ortho intramolecular Hbond substituents is 1. The molecule has 40 heavy (non-hydrogen) atoms. The molecule has 0 spiro atoms. The summed E-state index contributed by atoms with van der Waals surface area (Å²) in [6, 6.07) is -0.462. The lowest BCUT2D eigenvalue weighted by Crippen LogP contribution is -2.65. The number of ketones is 2. The standard InChI is InChI=1S/C25H28F3N3O7.2ClH/c1-30(2)8-10-7-13(32)15-11(17(10)25(26,27)28)5-9-6-12-18(31(3)4)20(34)16(23(29)37)22(36)24(12,38)21(35)14(9)19(15)33;;/h7,9,12,18,32-33,36,38H,5-6,8H2,1-4H3,(H2,29,37);2*1H/t9-,12-,18-,24-;;/m0../s1. The van der Waals surface area contributed by atoms with E-state index in [1.807, 2.05) is 0 Å². The molecule has 3 aliphatic carbocycles. The van der Waals surface area contributed by atoms with Crippen molar-refractivity contribution in [3.63, 3.8) is 0 Å². The molecule has 0 heterocycles. The number of hydrogen-bond acceptors (Lipinski definition) is 9. The Bertz CT molecular complexity index is 1340. The smallest absolute Gasteiger partial charge is 0.417 e. The van der Waals surface area contributed by atoms with Gasteiger partial charge in [-0.2, -0.15) is 13.2 Å². The Kier molecular flexibility index (Phi) is 9.06. The fraction of sp³-hybridized carbons (Fsp3) is 0.480. The number of hydrogen-bond donors (Lipinski definition) is 5. The second-order valence-electron chi connectivity index (χ2n) is 10.5. The molecule has 3 aliphatic rings. The van der Waals surface area contributed by atoms with E-state index in [0.717, 1.165) is 6.07 Å². The summed E-state index contributed by atoms with van der Waals surface area (Å²) >= 11 is 0. The molecule has 0 radical (unpaired) electrons. The number of aliphatic hydroxyl groups is 3. The summed E-state index contributed by atoms with van der Waals surface area (Å²) in [6.07, 6.45) is -5.62. The number of halogens is 5. The number of aliphatic hydroxyl groups excluding tert-OH is 2. The van der Waals surface area contributed by atoms with Gasteiger partial charge < -0.3 is 31.1 Å². The minimum absolute atomic E-state index is 0. The highest BCUT2D eigenvalue weighted by atomic mass is 35.5. The molecule has 0 bridgehead atoms. The molecular weight excluding hydrogens is 582 g/mol. The largest absolute Gasteiger partial charge is 0.508 e. The Morgan fingerprint density at radius 3 is 2.17 bits per heavy atom. The zero-order chi connectivity index (χ0) is 28.6. The number of Topliss-reactive ketones (excluding diaryl/α,β-unsaturated/α-hetero) is 2. The summed E-state index contributed by atoms with van der Waals surface area (Å²) in [5.74, 6) is -9.04. The monoisotopic (exact) mass is 611 g/mol. The van der Waals surface area contributed by atoms with Crippen molar-refractivity contribution in [3.8, 4) is 5.75 Å². The van der Waals surface area contributed by atoms with Crippen LogP contribution in [-0.4, -0.2) is 87.5 Å². The molecule has 4 atom stereocenters. The first-order chi connectivity index (χ1) is 17.4. The number of fused-ring (bicyclic) bond motifs is 3. The van der Waals surface area contributed by atoms with Crippen LogP contribution in [0.1, 0.15) is 28.7 Å². The number of nitrogens with zero attached hydrogens (tertiary/aromatic N) is 2. The molecule has 1 aromatic rings. The summed E-state index contributed by atoms with van der Waals surface area (Å²) in [4.78, 5) is 41.6. The summed E-state index contributed by atoms with van der Waals surface area (Å²) in [5, 5.41) is 44.1. The van der Waals surface area contributed by atoms with Crippen LogP contribution in [0.2, 0.25) is 0 Å². The highest BCUT2D eigenvalue weighted by Gasteiger charge is 2.64. The van der Waals surface area contributed by atoms with Gasteiger partial charge >= 0.3 is 6.18 Å². The average Bonchev–Trinajstić information content (AvgIpc) is 2.74. The zero-order valence-electron chi connectivity index (χ0n) is 21.9. The Labute approximate surface area is 239 Å². The number of rotatable bonds is 4. The van der Waals surface area contributed by atoms with E-state index in [2.05, 4.69) is 0 Å². The lowest BCUT2D eigenvalue weighted by Gasteiger charge is -2.50. The van der Waals surface area contributed by atoms with Crippen molar-refractivity contribution in [1.82, 2.24) is 9.80 Å². The van der Waals surface area contributed by atoms with Crippen molar-refractivity contribution in [2.75, 3.05) is 28.2 Å². The summed E-state index contributed by atoms with van der Waals surface area (Å²) in [7, 11) is 5.96. The lowest BCUT2D eigenvalue weighted by atomic mass is 9.57. The molecule has 222 valence electrons. The molecule has 0 unspecified atom stereocenters. The maximum Gasteiger partial charge on any atom is 0.417 e. The summed E-state index contributed by atoms with van der Waals surface area (Å²) < 4.78 is 43.0. The van der Waals surface area contributed by atoms with Crippen molar-refractivity contribution in [2.24, 2.45) is 17.6 Å². The van der Waals surface area contributed by atoms with Crippen molar-refractivity contribution in [2.45, 2.75) is 37.2 Å². The van der Waals surface area contributed by atoms with E-state index in [-0.39, 0.29) is 43.3 Å². The third-order valence-corrected chi connectivity index (χ3v) is 7.58. The van der Waals surface area contributed by atoms with Gasteiger partial charge in [-0.1, -0.05) is 0 Å². The first kappa shape index (κ1) is 33.4. The van der Waals surface area contributed by atoms with Gasteiger partial charge in [-0.25, -0.2) is 0 Å². The molecule has 1 saturated carbocycles. The molecule has 10 nitrogen and oxygen atoms in total. The number of benzene rings is 1. The van der Waals surface area contributed by atoms with Crippen LogP contribution < -0.4 is 5.73 Å². The van der Waals surface area contributed by atoms with Crippen LogP contribution in [0.25, 0.3) is 5.76 Å². The van der Waals surface area contributed by atoms with E-state index >= 15 is 0 Å². The van der Waals surface area contributed by atoms with Gasteiger partial charge in [0.25, 0.3) is 5.91 Å². The maximum absolute atomic E-state index is 14.3. The topological polar surface area (TPSA) is 165 Å². The summed E-state index contributed by atoms with van der Waals surface area (Å²) in [5.41, 5.74) is -1.39. The number of carbonyl (C=O) groups is 3. The molecule has 0 saturated heterocycles. The van der Waals surface area contributed by atoms with Gasteiger partial charge in [0.1, 0.15) is 22.8 Å². The van der Waals surface area contributed by atoms with Crippen molar-refractivity contribution >= 4 is 48.0 Å². The quantitative estimate of drug-likeness (QED) is 0.320. The van der Waals surface area contributed by atoms with E-state index in [0.29, 0.717) is 0 Å². The average molecular weight is 612 g/mol. The van der Waals surface area contributed by atoms with Crippen molar-refractivity contribution in [3.05, 3.63) is 45.2 Å². The van der Waals surface area contributed by atoms with Gasteiger partial charge in [-0.15, -0.1) is 24.8 Å². The normalized spacial score (nSPS) is 26.2. The van der Waals surface area contributed by atoms with Crippen LogP contribution >= 0.6 is 24.8 Å². The number of primary amides is 1. The fourth-order valence-corrected chi connectivity index (χ4v) is 6.20. The van der Waals surface area contributed by atoms with Gasteiger partial charge in [-0.3, -0.25) is 19.3 Å². The molecule has 15 heteroatoms. The van der Waals surface area contributed by atoms with Crippen molar-refractivity contribution < 1.29 is 48.0 Å². The number of nitrogens with two attached hydrogens (primary N) is 1. The van der Waals surface area contributed by atoms with E-state index in [1.54, 1.807) is 14.1 Å². The fourth-order valence-electron chi connectivity index (χ4n) is 6.20. The van der Waals surface area contributed by atoms with Gasteiger partial charge in [0.05, 0.1) is 17.2 Å². The Hall–Kier alpha value is -2.84. The highest BCUT2D eigenvalue weighted by Crippen LogP contribution is 2.54. The molecule has 1 fully saturated rings. The third-order valence-electron chi connectivity index (χ3n) is 7.58. The van der Waals surface area contributed by atoms with E-state index in [9.17, 15) is 48.0 Å². The predicted octanol–water partition coefficient (Wildman–Crippen LogP) is 1.89. The Morgan fingerprint density at radius 2 is 1.70 bits per heavy atom. The number of aromatic hydroxyl groups is 1. The highest BCUT2D eigenvalue weighted by molar-refractivity contribution is 6.24. The maximum atomic E-state index is 14.3. The Morgan fingerprint density at radius 1 is 1.12 bits per heavy atom.